The Balaban J connectivity index is 1.60. The fraction of sp³-hybridized carbons (Fsp3) is 0.824. The third-order valence-electron chi connectivity index (χ3n) is 5.40. The molecule has 3 fully saturated rings. The highest BCUT2D eigenvalue weighted by atomic mass is 16.5. The second-order valence-corrected chi connectivity index (χ2v) is 7.21. The Morgan fingerprint density at radius 2 is 2.18 bits per heavy atom. The van der Waals surface area contributed by atoms with Crippen LogP contribution in [0.1, 0.15) is 33.1 Å². The first-order chi connectivity index (χ1) is 10.5. The molecule has 1 aliphatic carbocycles. The van der Waals surface area contributed by atoms with Crippen LogP contribution in [0.2, 0.25) is 0 Å². The first kappa shape index (κ1) is 15.6. The zero-order valence-corrected chi connectivity index (χ0v) is 13.5. The lowest BCUT2D eigenvalue weighted by molar-refractivity contribution is -0.109. The lowest BCUT2D eigenvalue weighted by atomic mass is 9.57. The van der Waals surface area contributed by atoms with Crippen LogP contribution < -0.4 is 5.32 Å². The highest BCUT2D eigenvalue weighted by molar-refractivity contribution is 5.75. The molecule has 2 amide bonds. The molecular weight excluding hydrogens is 280 g/mol. The minimum atomic E-state index is -0.0723. The van der Waals surface area contributed by atoms with Crippen LogP contribution in [0.4, 0.5) is 4.79 Å². The molecule has 2 heterocycles. The zero-order valence-electron chi connectivity index (χ0n) is 13.5. The molecule has 0 bridgehead atoms. The molecule has 5 heteroatoms. The number of terminal acetylenes is 1. The lowest BCUT2D eigenvalue weighted by Crippen LogP contribution is -2.68. The fourth-order valence-electron chi connectivity index (χ4n) is 4.21. The summed E-state index contributed by atoms with van der Waals surface area (Å²) in [6.45, 7) is 6.81. The Hall–Kier alpha value is -1.25. The highest BCUT2D eigenvalue weighted by Gasteiger charge is 2.60. The third-order valence-corrected chi connectivity index (χ3v) is 5.40. The Bertz CT molecular complexity index is 465. The first-order valence-electron chi connectivity index (χ1n) is 8.26. The maximum Gasteiger partial charge on any atom is 0.318 e. The van der Waals surface area contributed by atoms with Crippen LogP contribution in [0.5, 0.6) is 0 Å². The van der Waals surface area contributed by atoms with Crippen LogP contribution in [0, 0.1) is 23.7 Å². The minimum absolute atomic E-state index is 0.0114. The molecule has 5 nitrogen and oxygen atoms in total. The van der Waals surface area contributed by atoms with Gasteiger partial charge in [-0.2, -0.15) is 0 Å². The summed E-state index contributed by atoms with van der Waals surface area (Å²) in [4.78, 5) is 14.3. The van der Waals surface area contributed by atoms with Crippen LogP contribution >= 0.6 is 0 Å². The number of ether oxygens (including phenoxy) is 2. The van der Waals surface area contributed by atoms with E-state index in [1.807, 2.05) is 0 Å². The average molecular weight is 306 g/mol. The summed E-state index contributed by atoms with van der Waals surface area (Å²) >= 11 is 0. The highest BCUT2D eigenvalue weighted by Crippen LogP contribution is 2.52. The monoisotopic (exact) mass is 306 g/mol. The van der Waals surface area contributed by atoms with Gasteiger partial charge in [-0.25, -0.2) is 4.79 Å². The predicted molar refractivity (Wildman–Crippen MR) is 83.3 cm³/mol. The van der Waals surface area contributed by atoms with Gasteiger partial charge in [0.25, 0.3) is 0 Å². The number of urea groups is 1. The van der Waals surface area contributed by atoms with Crippen molar-refractivity contribution in [2.45, 2.75) is 51.4 Å². The molecule has 0 unspecified atom stereocenters. The Morgan fingerprint density at radius 1 is 1.36 bits per heavy atom. The van der Waals surface area contributed by atoms with Gasteiger partial charge in [-0.1, -0.05) is 19.8 Å². The van der Waals surface area contributed by atoms with Crippen molar-refractivity contribution in [1.29, 1.82) is 0 Å². The minimum Gasteiger partial charge on any atom is -0.377 e. The summed E-state index contributed by atoms with van der Waals surface area (Å²) in [6, 6.07) is 0.0918. The molecule has 0 radical (unpaired) electrons. The molecule has 3 rings (SSSR count). The van der Waals surface area contributed by atoms with Gasteiger partial charge in [-0.3, -0.25) is 0 Å². The Kier molecular flexibility index (Phi) is 4.33. The van der Waals surface area contributed by atoms with E-state index in [0.29, 0.717) is 19.0 Å². The van der Waals surface area contributed by atoms with Crippen molar-refractivity contribution in [3.05, 3.63) is 0 Å². The van der Waals surface area contributed by atoms with E-state index in [1.54, 1.807) is 4.90 Å². The molecule has 0 aromatic carbocycles. The number of hydrogen-bond donors (Lipinski definition) is 1. The van der Waals surface area contributed by atoms with Crippen molar-refractivity contribution < 1.29 is 14.3 Å². The van der Waals surface area contributed by atoms with Crippen molar-refractivity contribution in [3.8, 4) is 12.3 Å². The van der Waals surface area contributed by atoms with E-state index < -0.39 is 0 Å². The molecule has 2 saturated heterocycles. The summed E-state index contributed by atoms with van der Waals surface area (Å²) in [5.41, 5.74) is -0.0114. The molecule has 2 aliphatic heterocycles. The van der Waals surface area contributed by atoms with E-state index in [9.17, 15) is 4.79 Å². The van der Waals surface area contributed by atoms with E-state index in [4.69, 9.17) is 15.9 Å². The largest absolute Gasteiger partial charge is 0.377 e. The van der Waals surface area contributed by atoms with Crippen molar-refractivity contribution in [1.82, 2.24) is 10.2 Å². The van der Waals surface area contributed by atoms with Crippen molar-refractivity contribution in [3.63, 3.8) is 0 Å². The smallest absolute Gasteiger partial charge is 0.318 e. The van der Waals surface area contributed by atoms with E-state index in [-0.39, 0.29) is 29.7 Å². The lowest BCUT2D eigenvalue weighted by Gasteiger charge is -2.54. The third kappa shape index (κ3) is 2.70. The normalized spacial score (nSPS) is 35.3. The van der Waals surface area contributed by atoms with Gasteiger partial charge in [0.1, 0.15) is 0 Å². The van der Waals surface area contributed by atoms with Gasteiger partial charge < -0.3 is 19.7 Å². The number of hydrogen-bond acceptors (Lipinski definition) is 3. The molecule has 122 valence electrons. The topological polar surface area (TPSA) is 50.8 Å². The summed E-state index contributed by atoms with van der Waals surface area (Å²) in [6.07, 6.45) is 8.91. The van der Waals surface area contributed by atoms with Gasteiger partial charge in [0, 0.05) is 37.1 Å². The second-order valence-electron chi connectivity index (χ2n) is 7.21. The van der Waals surface area contributed by atoms with Gasteiger partial charge in [0.05, 0.1) is 18.8 Å². The number of rotatable bonds is 4. The molecule has 1 N–H and O–H groups in total. The van der Waals surface area contributed by atoms with Gasteiger partial charge >= 0.3 is 6.03 Å². The fourth-order valence-corrected chi connectivity index (χ4v) is 4.21. The number of amides is 2. The molecule has 4 atom stereocenters. The molecule has 1 saturated carbocycles. The standard InChI is InChI=1S/C17H26N2O3/c1-4-8-19(11-12-6-5-9-21-12)16(20)18-14-13-7-10-22-15(13)17(14,2)3/h1,12-15H,5-11H2,2-3H3,(H,18,20)/t12-,13-,14+,15+/m0/s1. The van der Waals surface area contributed by atoms with E-state index in [1.165, 1.54) is 0 Å². The number of fused-ring (bicyclic) bond motifs is 1. The van der Waals surface area contributed by atoms with Crippen LogP contribution in [0.25, 0.3) is 0 Å². The van der Waals surface area contributed by atoms with Gasteiger partial charge in [-0.15, -0.1) is 6.42 Å². The Labute approximate surface area is 132 Å². The summed E-state index contributed by atoms with van der Waals surface area (Å²) < 4.78 is 11.4. The average Bonchev–Trinajstić information content (AvgIpc) is 3.14. The van der Waals surface area contributed by atoms with Crippen LogP contribution in [0.15, 0.2) is 0 Å². The number of nitrogens with one attached hydrogen (secondary N) is 1. The SMILES string of the molecule is C#CCN(C[C@@H]1CCCO1)C(=O)N[C@@H]1[C@@H]2CCO[C@H]2C1(C)C. The summed E-state index contributed by atoms with van der Waals surface area (Å²) in [7, 11) is 0. The summed E-state index contributed by atoms with van der Waals surface area (Å²) in [5.74, 6) is 3.02. The number of carbonyl (C=O) groups excluding carboxylic acids is 1. The van der Waals surface area contributed by atoms with E-state index in [0.717, 1.165) is 32.5 Å². The van der Waals surface area contributed by atoms with Gasteiger partial charge in [0.2, 0.25) is 0 Å². The molecule has 0 spiro atoms. The van der Waals surface area contributed by atoms with E-state index >= 15 is 0 Å². The maximum atomic E-state index is 12.6. The Morgan fingerprint density at radius 3 is 2.86 bits per heavy atom. The molecule has 3 aliphatic rings. The first-order valence-corrected chi connectivity index (χ1v) is 8.26. The number of nitrogens with zero attached hydrogens (tertiary/aromatic N) is 1. The van der Waals surface area contributed by atoms with E-state index in [2.05, 4.69) is 25.1 Å². The van der Waals surface area contributed by atoms with Crippen molar-refractivity contribution in [2.24, 2.45) is 11.3 Å². The maximum absolute atomic E-state index is 12.6. The zero-order chi connectivity index (χ0) is 15.7. The number of carbonyl (C=O) groups is 1. The quantitative estimate of drug-likeness (QED) is 0.803. The molecule has 0 aromatic heterocycles. The molecular formula is C17H26N2O3. The van der Waals surface area contributed by atoms with Crippen LogP contribution in [0.3, 0.4) is 0 Å². The predicted octanol–water partition coefficient (Wildman–Crippen LogP) is 1.62. The van der Waals surface area contributed by atoms with Crippen molar-refractivity contribution in [2.75, 3.05) is 26.3 Å². The second kappa shape index (κ2) is 6.10. The van der Waals surface area contributed by atoms with Crippen LogP contribution in [-0.4, -0.2) is 55.5 Å². The molecule has 22 heavy (non-hydrogen) atoms. The van der Waals surface area contributed by atoms with Gasteiger partial charge in [-0.05, 0) is 19.3 Å². The van der Waals surface area contributed by atoms with Crippen molar-refractivity contribution >= 4 is 6.03 Å². The summed E-state index contributed by atoms with van der Waals surface area (Å²) in [5, 5.41) is 3.19. The van der Waals surface area contributed by atoms with Gasteiger partial charge in [0.15, 0.2) is 0 Å². The molecule has 0 aromatic rings. The van der Waals surface area contributed by atoms with Crippen LogP contribution in [-0.2, 0) is 9.47 Å².